The quantitative estimate of drug-likeness (QED) is 0.480. The molecule has 136 valence electrons. The summed E-state index contributed by atoms with van der Waals surface area (Å²) in [6.07, 6.45) is 0. The summed E-state index contributed by atoms with van der Waals surface area (Å²) >= 11 is 8.48. The van der Waals surface area contributed by atoms with Gasteiger partial charge in [0.2, 0.25) is 0 Å². The second-order valence-electron chi connectivity index (χ2n) is 5.24. The normalized spacial score (nSPS) is 10.1. The molecule has 0 aromatic heterocycles. The lowest BCUT2D eigenvalue weighted by molar-refractivity contribution is 0.0935. The number of thiocarbonyl (C=S) groups is 1. The van der Waals surface area contributed by atoms with Crippen LogP contribution in [0.1, 0.15) is 20.7 Å². The minimum atomic E-state index is -0.316. The Bertz CT molecular complexity index is 797. The topological polar surface area (TPSA) is 79.5 Å². The van der Waals surface area contributed by atoms with Gasteiger partial charge in [-0.05, 0) is 54.7 Å². The van der Waals surface area contributed by atoms with Crippen LogP contribution >= 0.6 is 28.1 Å². The molecule has 0 fully saturated rings. The van der Waals surface area contributed by atoms with Gasteiger partial charge in [0.25, 0.3) is 11.8 Å². The number of amides is 2. The van der Waals surface area contributed by atoms with Crippen LogP contribution in [0.3, 0.4) is 0 Å². The number of halogens is 1. The summed E-state index contributed by atoms with van der Waals surface area (Å²) in [4.78, 5) is 24.2. The van der Waals surface area contributed by atoms with Gasteiger partial charge in [-0.25, -0.2) is 0 Å². The third-order valence-corrected chi connectivity index (χ3v) is 4.04. The predicted molar refractivity (Wildman–Crippen MR) is 108 cm³/mol. The van der Waals surface area contributed by atoms with Crippen molar-refractivity contribution < 1.29 is 14.3 Å². The van der Waals surface area contributed by atoms with Gasteiger partial charge in [0, 0.05) is 34.9 Å². The molecule has 0 heterocycles. The molecule has 0 spiro atoms. The molecule has 26 heavy (non-hydrogen) atoms. The van der Waals surface area contributed by atoms with Crippen LogP contribution in [0.5, 0.6) is 0 Å². The molecule has 2 rings (SSSR count). The van der Waals surface area contributed by atoms with E-state index in [2.05, 4.69) is 31.9 Å². The van der Waals surface area contributed by atoms with E-state index in [4.69, 9.17) is 17.0 Å². The minimum absolute atomic E-state index is 0.148. The van der Waals surface area contributed by atoms with Gasteiger partial charge in [-0.3, -0.25) is 14.9 Å². The van der Waals surface area contributed by atoms with E-state index >= 15 is 0 Å². The maximum absolute atomic E-state index is 12.1. The predicted octanol–water partition coefficient (Wildman–Crippen LogP) is 2.95. The zero-order chi connectivity index (χ0) is 18.9. The number of carbonyl (C=O) groups is 2. The molecular formula is C18H18BrN3O3S. The van der Waals surface area contributed by atoms with Gasteiger partial charge in [0.05, 0.1) is 6.61 Å². The Morgan fingerprint density at radius 3 is 2.50 bits per heavy atom. The fraction of sp³-hybridized carbons (Fsp3) is 0.167. The van der Waals surface area contributed by atoms with Crippen LogP contribution in [0.15, 0.2) is 53.0 Å². The number of methoxy groups -OCH3 is 1. The highest BCUT2D eigenvalue weighted by Gasteiger charge is 2.09. The van der Waals surface area contributed by atoms with Crippen molar-refractivity contribution in [1.82, 2.24) is 10.6 Å². The SMILES string of the molecule is COCCNC(=O)c1cccc(NC(=S)NC(=O)c2ccc(Br)cc2)c1. The Morgan fingerprint density at radius 2 is 1.81 bits per heavy atom. The average Bonchev–Trinajstić information content (AvgIpc) is 2.62. The summed E-state index contributed by atoms with van der Waals surface area (Å²) in [6.45, 7) is 0.866. The molecule has 0 bridgehead atoms. The molecule has 2 aromatic carbocycles. The van der Waals surface area contributed by atoms with Gasteiger partial charge in [-0.15, -0.1) is 0 Å². The van der Waals surface area contributed by atoms with Crippen molar-refractivity contribution in [3.8, 4) is 0 Å². The first-order chi connectivity index (χ1) is 12.5. The number of anilines is 1. The van der Waals surface area contributed by atoms with E-state index in [1.165, 1.54) is 0 Å². The molecule has 0 aliphatic heterocycles. The highest BCUT2D eigenvalue weighted by atomic mass is 79.9. The summed E-state index contributed by atoms with van der Waals surface area (Å²) in [5.41, 5.74) is 1.57. The second-order valence-corrected chi connectivity index (χ2v) is 6.57. The van der Waals surface area contributed by atoms with E-state index < -0.39 is 0 Å². The third kappa shape index (κ3) is 6.21. The van der Waals surface area contributed by atoms with Crippen LogP contribution in [0.25, 0.3) is 0 Å². The fourth-order valence-corrected chi connectivity index (χ4v) is 2.52. The van der Waals surface area contributed by atoms with E-state index in [0.717, 1.165) is 4.47 Å². The van der Waals surface area contributed by atoms with Crippen molar-refractivity contribution in [3.63, 3.8) is 0 Å². The van der Waals surface area contributed by atoms with Gasteiger partial charge in [-0.2, -0.15) is 0 Å². The molecule has 8 heteroatoms. The zero-order valence-electron chi connectivity index (χ0n) is 14.0. The molecule has 0 saturated carbocycles. The van der Waals surface area contributed by atoms with Crippen molar-refractivity contribution in [2.45, 2.75) is 0 Å². The Balaban J connectivity index is 1.94. The third-order valence-electron chi connectivity index (χ3n) is 3.31. The Hall–Kier alpha value is -2.29. The molecule has 0 aliphatic carbocycles. The molecule has 0 aliphatic rings. The standard InChI is InChI=1S/C18H18BrN3O3S/c1-25-10-9-20-16(23)13-3-2-4-15(11-13)21-18(26)22-17(24)12-5-7-14(19)8-6-12/h2-8,11H,9-10H2,1H3,(H,20,23)(H2,21,22,24,26). The van der Waals surface area contributed by atoms with Gasteiger partial charge in [0.1, 0.15) is 0 Å². The highest BCUT2D eigenvalue weighted by Crippen LogP contribution is 2.12. The number of rotatable bonds is 6. The molecule has 2 amide bonds. The van der Waals surface area contributed by atoms with Crippen LogP contribution in [0, 0.1) is 0 Å². The van der Waals surface area contributed by atoms with Crippen molar-refractivity contribution in [1.29, 1.82) is 0 Å². The van der Waals surface area contributed by atoms with E-state index in [1.807, 2.05) is 0 Å². The van der Waals surface area contributed by atoms with Crippen molar-refractivity contribution in [3.05, 3.63) is 64.1 Å². The molecule has 0 saturated heterocycles. The first-order valence-corrected chi connectivity index (χ1v) is 8.95. The second kappa shape index (κ2) is 10.0. The van der Waals surface area contributed by atoms with Gasteiger partial charge in [-0.1, -0.05) is 22.0 Å². The monoisotopic (exact) mass is 435 g/mol. The smallest absolute Gasteiger partial charge is 0.257 e. The minimum Gasteiger partial charge on any atom is -0.383 e. The Kier molecular flexibility index (Phi) is 7.71. The van der Waals surface area contributed by atoms with Crippen LogP contribution in [0.2, 0.25) is 0 Å². The largest absolute Gasteiger partial charge is 0.383 e. The van der Waals surface area contributed by atoms with Crippen molar-refractivity contribution >= 4 is 50.8 Å². The van der Waals surface area contributed by atoms with E-state index in [9.17, 15) is 9.59 Å². The summed E-state index contributed by atoms with van der Waals surface area (Å²) in [7, 11) is 1.57. The van der Waals surface area contributed by atoms with Crippen LogP contribution in [-0.2, 0) is 4.74 Å². The Labute approximate surface area is 165 Å². The summed E-state index contributed by atoms with van der Waals surface area (Å²) in [5, 5.41) is 8.39. The molecule has 3 N–H and O–H groups in total. The van der Waals surface area contributed by atoms with Crippen LogP contribution in [0.4, 0.5) is 5.69 Å². The lowest BCUT2D eigenvalue weighted by Crippen LogP contribution is -2.34. The summed E-state index contributed by atoms with van der Waals surface area (Å²) in [6, 6.07) is 13.8. The number of ether oxygens (including phenoxy) is 1. The summed E-state index contributed by atoms with van der Waals surface area (Å²) < 4.78 is 5.78. The molecular weight excluding hydrogens is 418 g/mol. The summed E-state index contributed by atoms with van der Waals surface area (Å²) in [5.74, 6) is -0.529. The van der Waals surface area contributed by atoms with E-state index in [1.54, 1.807) is 55.6 Å². The zero-order valence-corrected chi connectivity index (χ0v) is 16.4. The molecule has 0 radical (unpaired) electrons. The fourth-order valence-electron chi connectivity index (χ4n) is 2.05. The number of nitrogens with one attached hydrogen (secondary N) is 3. The first-order valence-electron chi connectivity index (χ1n) is 7.74. The van der Waals surface area contributed by atoms with Crippen molar-refractivity contribution in [2.75, 3.05) is 25.6 Å². The van der Waals surface area contributed by atoms with Gasteiger partial charge in [0.15, 0.2) is 5.11 Å². The van der Waals surface area contributed by atoms with E-state index in [0.29, 0.717) is 30.0 Å². The van der Waals surface area contributed by atoms with Crippen molar-refractivity contribution in [2.24, 2.45) is 0 Å². The molecule has 2 aromatic rings. The number of hydrogen-bond donors (Lipinski definition) is 3. The average molecular weight is 436 g/mol. The lowest BCUT2D eigenvalue weighted by Gasteiger charge is -2.11. The van der Waals surface area contributed by atoms with Crippen LogP contribution < -0.4 is 16.0 Å². The highest BCUT2D eigenvalue weighted by molar-refractivity contribution is 9.10. The molecule has 0 unspecified atom stereocenters. The van der Waals surface area contributed by atoms with Crippen LogP contribution in [-0.4, -0.2) is 37.2 Å². The number of benzene rings is 2. The first kappa shape index (κ1) is 20.0. The molecule has 6 nitrogen and oxygen atoms in total. The molecule has 0 atom stereocenters. The number of carbonyl (C=O) groups excluding carboxylic acids is 2. The maximum Gasteiger partial charge on any atom is 0.257 e. The van der Waals surface area contributed by atoms with E-state index in [-0.39, 0.29) is 16.9 Å². The maximum atomic E-state index is 12.1. The number of hydrogen-bond acceptors (Lipinski definition) is 4. The van der Waals surface area contributed by atoms with Gasteiger partial charge >= 0.3 is 0 Å². The van der Waals surface area contributed by atoms with Gasteiger partial charge < -0.3 is 15.4 Å². The lowest BCUT2D eigenvalue weighted by atomic mass is 10.2. The Morgan fingerprint density at radius 1 is 1.08 bits per heavy atom.